The third kappa shape index (κ3) is 6.78. The highest BCUT2D eigenvalue weighted by Gasteiger charge is 2.21. The van der Waals surface area contributed by atoms with E-state index in [2.05, 4.69) is 42.9 Å². The summed E-state index contributed by atoms with van der Waals surface area (Å²) in [5.74, 6) is 1.25. The molecule has 5 heteroatoms. The molecule has 0 aromatic rings. The van der Waals surface area contributed by atoms with Crippen LogP contribution in [0.3, 0.4) is 0 Å². The van der Waals surface area contributed by atoms with Crippen LogP contribution >= 0.6 is 24.0 Å². The van der Waals surface area contributed by atoms with Crippen LogP contribution in [0.2, 0.25) is 0 Å². The molecule has 1 aliphatic rings. The van der Waals surface area contributed by atoms with Gasteiger partial charge < -0.3 is 16.0 Å². The molecule has 1 rings (SSSR count). The summed E-state index contributed by atoms with van der Waals surface area (Å²) < 4.78 is 0. The van der Waals surface area contributed by atoms with Crippen molar-refractivity contribution in [2.45, 2.75) is 52.6 Å². The Morgan fingerprint density at radius 1 is 1.39 bits per heavy atom. The highest BCUT2D eigenvalue weighted by molar-refractivity contribution is 14.0. The Morgan fingerprint density at radius 3 is 2.61 bits per heavy atom. The third-order valence-corrected chi connectivity index (χ3v) is 3.24. The summed E-state index contributed by atoms with van der Waals surface area (Å²) in [6.45, 7) is 11.9. The molecule has 0 spiro atoms. The van der Waals surface area contributed by atoms with E-state index in [9.17, 15) is 0 Å². The van der Waals surface area contributed by atoms with Crippen molar-refractivity contribution in [3.63, 3.8) is 0 Å². The monoisotopic (exact) mass is 368 g/mol. The molecule has 18 heavy (non-hydrogen) atoms. The lowest BCUT2D eigenvalue weighted by Crippen LogP contribution is -2.41. The van der Waals surface area contributed by atoms with Crippen LogP contribution < -0.4 is 11.1 Å². The van der Waals surface area contributed by atoms with Crippen molar-refractivity contribution in [3.8, 4) is 0 Å². The van der Waals surface area contributed by atoms with Gasteiger partial charge in [0.1, 0.15) is 0 Å². The van der Waals surface area contributed by atoms with Crippen LogP contribution in [-0.4, -0.2) is 42.6 Å². The number of hydrogen-bond acceptors (Lipinski definition) is 2. The van der Waals surface area contributed by atoms with Crippen molar-refractivity contribution in [1.82, 2.24) is 10.2 Å². The largest absolute Gasteiger partial charge is 0.370 e. The van der Waals surface area contributed by atoms with Gasteiger partial charge in [-0.2, -0.15) is 0 Å². The van der Waals surface area contributed by atoms with Gasteiger partial charge in [0.25, 0.3) is 0 Å². The lowest BCUT2D eigenvalue weighted by molar-refractivity contribution is 0.143. The summed E-state index contributed by atoms with van der Waals surface area (Å²) >= 11 is 0. The number of rotatable bonds is 4. The fourth-order valence-corrected chi connectivity index (χ4v) is 2.28. The number of nitrogens with zero attached hydrogens (tertiary/aromatic N) is 2. The number of likely N-dealkylation sites (tertiary alicyclic amines) is 1. The van der Waals surface area contributed by atoms with Crippen LogP contribution in [0.5, 0.6) is 0 Å². The molecule has 108 valence electrons. The van der Waals surface area contributed by atoms with Gasteiger partial charge in [-0.15, -0.1) is 24.0 Å². The predicted molar refractivity (Wildman–Crippen MR) is 89.6 cm³/mol. The summed E-state index contributed by atoms with van der Waals surface area (Å²) in [6.07, 6.45) is 2.57. The molecule has 0 saturated carbocycles. The number of halogens is 1. The zero-order valence-electron chi connectivity index (χ0n) is 12.1. The molecular formula is C13H29IN4. The van der Waals surface area contributed by atoms with Gasteiger partial charge in [0.05, 0.1) is 0 Å². The van der Waals surface area contributed by atoms with Gasteiger partial charge in [0.15, 0.2) is 5.96 Å². The number of aliphatic imine (C=N–C) groups is 1. The first kappa shape index (κ1) is 18.0. The van der Waals surface area contributed by atoms with E-state index >= 15 is 0 Å². The molecule has 0 radical (unpaired) electrons. The van der Waals surface area contributed by atoms with Crippen LogP contribution in [-0.2, 0) is 0 Å². The first-order chi connectivity index (χ1) is 7.99. The molecule has 0 bridgehead atoms. The van der Waals surface area contributed by atoms with E-state index < -0.39 is 0 Å². The maximum absolute atomic E-state index is 5.81. The van der Waals surface area contributed by atoms with Gasteiger partial charge in [0.2, 0.25) is 0 Å². The smallest absolute Gasteiger partial charge is 0.188 e. The molecule has 1 saturated heterocycles. The van der Waals surface area contributed by atoms with Crippen molar-refractivity contribution >= 4 is 29.9 Å². The Balaban J connectivity index is 0.00000289. The van der Waals surface area contributed by atoms with Crippen LogP contribution in [0.1, 0.15) is 40.5 Å². The molecule has 0 aromatic carbocycles. The molecule has 0 aliphatic carbocycles. The van der Waals surface area contributed by atoms with E-state index in [0.717, 1.165) is 13.1 Å². The Labute approximate surface area is 129 Å². The average Bonchev–Trinajstić information content (AvgIpc) is 2.26. The van der Waals surface area contributed by atoms with E-state index in [1.807, 2.05) is 0 Å². The van der Waals surface area contributed by atoms with Gasteiger partial charge >= 0.3 is 0 Å². The zero-order chi connectivity index (χ0) is 12.8. The molecule has 1 unspecified atom stereocenters. The number of nitrogens with two attached hydrogens (primary N) is 1. The number of guanidine groups is 1. The number of nitrogens with one attached hydrogen (secondary N) is 1. The van der Waals surface area contributed by atoms with E-state index in [4.69, 9.17) is 5.73 Å². The van der Waals surface area contributed by atoms with Gasteiger partial charge in [-0.05, 0) is 53.0 Å². The van der Waals surface area contributed by atoms with Gasteiger partial charge in [0, 0.05) is 25.2 Å². The molecule has 4 nitrogen and oxygen atoms in total. The lowest BCUT2D eigenvalue weighted by atomic mass is 9.97. The zero-order valence-corrected chi connectivity index (χ0v) is 14.5. The summed E-state index contributed by atoms with van der Waals surface area (Å²) in [5.41, 5.74) is 5.81. The lowest BCUT2D eigenvalue weighted by Gasteiger charge is -2.34. The van der Waals surface area contributed by atoms with Crippen LogP contribution in [0.15, 0.2) is 4.99 Å². The Kier molecular flexibility index (Phi) is 8.94. The highest BCUT2D eigenvalue weighted by atomic mass is 127. The quantitative estimate of drug-likeness (QED) is 0.454. The molecule has 1 aliphatic heterocycles. The molecule has 1 fully saturated rings. The molecule has 0 aromatic heterocycles. The minimum absolute atomic E-state index is 0. The van der Waals surface area contributed by atoms with Crippen LogP contribution in [0.4, 0.5) is 0 Å². The predicted octanol–water partition coefficient (Wildman–Crippen LogP) is 2.04. The number of hydrogen-bond donors (Lipinski definition) is 2. The van der Waals surface area contributed by atoms with E-state index in [1.54, 1.807) is 0 Å². The molecule has 3 N–H and O–H groups in total. The summed E-state index contributed by atoms with van der Waals surface area (Å²) in [7, 11) is 0. The maximum atomic E-state index is 5.81. The molecule has 1 atom stereocenters. The van der Waals surface area contributed by atoms with Gasteiger partial charge in [-0.3, -0.25) is 4.99 Å². The second-order valence-corrected chi connectivity index (χ2v) is 5.62. The fourth-order valence-electron chi connectivity index (χ4n) is 2.28. The Hall–Kier alpha value is -0.0400. The van der Waals surface area contributed by atoms with Crippen molar-refractivity contribution < 1.29 is 0 Å². The van der Waals surface area contributed by atoms with E-state index in [1.165, 1.54) is 19.4 Å². The second kappa shape index (κ2) is 8.96. The molecular weight excluding hydrogens is 339 g/mol. The second-order valence-electron chi connectivity index (χ2n) is 5.62. The first-order valence-electron chi connectivity index (χ1n) is 6.79. The maximum Gasteiger partial charge on any atom is 0.188 e. The van der Waals surface area contributed by atoms with Crippen molar-refractivity contribution in [2.75, 3.05) is 19.6 Å². The van der Waals surface area contributed by atoms with Crippen LogP contribution in [0.25, 0.3) is 0 Å². The summed E-state index contributed by atoms with van der Waals surface area (Å²) in [4.78, 5) is 6.98. The molecule has 0 amide bonds. The molecule has 1 heterocycles. The summed E-state index contributed by atoms with van der Waals surface area (Å²) in [5, 5.41) is 3.13. The van der Waals surface area contributed by atoms with E-state index in [0.29, 0.717) is 24.0 Å². The normalized spacial score (nSPS) is 22.1. The van der Waals surface area contributed by atoms with Crippen LogP contribution in [0, 0.1) is 5.92 Å². The fraction of sp³-hybridized carbons (Fsp3) is 0.923. The highest BCUT2D eigenvalue weighted by Crippen LogP contribution is 2.18. The Morgan fingerprint density at radius 2 is 2.06 bits per heavy atom. The van der Waals surface area contributed by atoms with Crippen molar-refractivity contribution in [1.29, 1.82) is 0 Å². The number of piperidine rings is 1. The third-order valence-electron chi connectivity index (χ3n) is 3.24. The van der Waals surface area contributed by atoms with Gasteiger partial charge in [-0.1, -0.05) is 0 Å². The minimum atomic E-state index is 0. The minimum Gasteiger partial charge on any atom is -0.370 e. The van der Waals surface area contributed by atoms with E-state index in [-0.39, 0.29) is 24.0 Å². The topological polar surface area (TPSA) is 53.6 Å². The SMILES string of the molecule is CC(C)NC(N)=NCC1CCCN(C(C)C)C1.I. The first-order valence-corrected chi connectivity index (χ1v) is 6.79. The average molecular weight is 368 g/mol. The van der Waals surface area contributed by atoms with Crippen molar-refractivity contribution in [3.05, 3.63) is 0 Å². The summed E-state index contributed by atoms with van der Waals surface area (Å²) in [6, 6.07) is 1.00. The Bertz CT molecular complexity index is 253. The standard InChI is InChI=1S/C13H28N4.HI/c1-10(2)16-13(14)15-8-12-6-5-7-17(9-12)11(3)4;/h10-12H,5-9H2,1-4H3,(H3,14,15,16);1H. The van der Waals surface area contributed by atoms with Gasteiger partial charge in [-0.25, -0.2) is 0 Å². The van der Waals surface area contributed by atoms with Crippen molar-refractivity contribution in [2.24, 2.45) is 16.6 Å².